The van der Waals surface area contributed by atoms with Crippen LogP contribution < -0.4 is 5.32 Å². The fourth-order valence-corrected chi connectivity index (χ4v) is 2.53. The summed E-state index contributed by atoms with van der Waals surface area (Å²) in [5, 5.41) is 14.3. The summed E-state index contributed by atoms with van der Waals surface area (Å²) in [5.41, 5.74) is 1.72. The van der Waals surface area contributed by atoms with Crippen LogP contribution in [0.3, 0.4) is 0 Å². The summed E-state index contributed by atoms with van der Waals surface area (Å²) in [7, 11) is 0. The molecule has 0 fully saturated rings. The Bertz CT molecular complexity index is 695. The predicted octanol–water partition coefficient (Wildman–Crippen LogP) is 4.26. The molecule has 0 aliphatic heterocycles. The monoisotopic (exact) mass is 302 g/mol. The SMILES string of the molecule is Cc1ccsc1/C=C(\C#N)C(=O)Nc1ccc(Cl)cc1. The minimum Gasteiger partial charge on any atom is -0.321 e. The van der Waals surface area contributed by atoms with E-state index in [-0.39, 0.29) is 5.57 Å². The van der Waals surface area contributed by atoms with Gasteiger partial charge in [-0.25, -0.2) is 0 Å². The number of rotatable bonds is 3. The van der Waals surface area contributed by atoms with Gasteiger partial charge in [0.2, 0.25) is 0 Å². The lowest BCUT2D eigenvalue weighted by Crippen LogP contribution is -2.13. The van der Waals surface area contributed by atoms with Gasteiger partial charge in [0.25, 0.3) is 5.91 Å². The summed E-state index contributed by atoms with van der Waals surface area (Å²) >= 11 is 7.27. The first kappa shape index (κ1) is 14.3. The average Bonchev–Trinajstić information content (AvgIpc) is 2.84. The highest BCUT2D eigenvalue weighted by Crippen LogP contribution is 2.20. The minimum atomic E-state index is -0.428. The zero-order valence-corrected chi connectivity index (χ0v) is 12.3. The second kappa shape index (κ2) is 6.38. The van der Waals surface area contributed by atoms with E-state index in [1.165, 1.54) is 11.3 Å². The normalized spacial score (nSPS) is 10.9. The summed E-state index contributed by atoms with van der Waals surface area (Å²) < 4.78 is 0. The van der Waals surface area contributed by atoms with Crippen molar-refractivity contribution in [1.29, 1.82) is 5.26 Å². The van der Waals surface area contributed by atoms with Gasteiger partial charge in [-0.05, 0) is 54.3 Å². The smallest absolute Gasteiger partial charge is 0.266 e. The predicted molar refractivity (Wildman–Crippen MR) is 82.7 cm³/mol. The van der Waals surface area contributed by atoms with Crippen molar-refractivity contribution in [2.45, 2.75) is 6.92 Å². The van der Waals surface area contributed by atoms with Crippen molar-refractivity contribution in [2.24, 2.45) is 0 Å². The Morgan fingerprint density at radius 3 is 2.60 bits per heavy atom. The van der Waals surface area contributed by atoms with Crippen molar-refractivity contribution in [3.8, 4) is 6.07 Å². The largest absolute Gasteiger partial charge is 0.321 e. The van der Waals surface area contributed by atoms with E-state index in [1.807, 2.05) is 24.4 Å². The molecule has 0 unspecified atom stereocenters. The van der Waals surface area contributed by atoms with Crippen LogP contribution >= 0.6 is 22.9 Å². The van der Waals surface area contributed by atoms with E-state index in [9.17, 15) is 4.79 Å². The number of thiophene rings is 1. The molecule has 100 valence electrons. The average molecular weight is 303 g/mol. The lowest BCUT2D eigenvalue weighted by molar-refractivity contribution is -0.112. The van der Waals surface area contributed by atoms with Crippen LogP contribution in [0, 0.1) is 18.3 Å². The van der Waals surface area contributed by atoms with E-state index < -0.39 is 5.91 Å². The van der Waals surface area contributed by atoms with Crippen molar-refractivity contribution in [3.63, 3.8) is 0 Å². The molecule has 2 rings (SSSR count). The molecule has 1 heterocycles. The standard InChI is InChI=1S/C15H11ClN2OS/c1-10-6-7-20-14(10)8-11(9-17)15(19)18-13-4-2-12(16)3-5-13/h2-8H,1H3,(H,18,19)/b11-8+. The minimum absolute atomic E-state index is 0.0745. The van der Waals surface area contributed by atoms with Gasteiger partial charge >= 0.3 is 0 Å². The third-order valence-corrected chi connectivity index (χ3v) is 3.86. The topological polar surface area (TPSA) is 52.9 Å². The molecule has 3 nitrogen and oxygen atoms in total. The molecule has 0 saturated carbocycles. The number of carbonyl (C=O) groups is 1. The molecule has 0 aliphatic carbocycles. The number of nitrogens with zero attached hydrogens (tertiary/aromatic N) is 1. The molecule has 0 radical (unpaired) electrons. The van der Waals surface area contributed by atoms with Crippen molar-refractivity contribution in [1.82, 2.24) is 0 Å². The van der Waals surface area contributed by atoms with Gasteiger partial charge in [-0.15, -0.1) is 11.3 Å². The van der Waals surface area contributed by atoms with E-state index >= 15 is 0 Å². The summed E-state index contributed by atoms with van der Waals surface area (Å²) in [6.45, 7) is 1.94. The Balaban J connectivity index is 2.18. The highest BCUT2D eigenvalue weighted by Gasteiger charge is 2.10. The van der Waals surface area contributed by atoms with E-state index in [4.69, 9.17) is 16.9 Å². The van der Waals surface area contributed by atoms with E-state index in [1.54, 1.807) is 30.3 Å². The molecule has 20 heavy (non-hydrogen) atoms. The number of amides is 1. The maximum absolute atomic E-state index is 12.0. The Morgan fingerprint density at radius 1 is 1.35 bits per heavy atom. The number of benzene rings is 1. The van der Waals surface area contributed by atoms with Gasteiger partial charge in [0, 0.05) is 15.6 Å². The number of hydrogen-bond donors (Lipinski definition) is 1. The van der Waals surface area contributed by atoms with Gasteiger partial charge in [-0.1, -0.05) is 11.6 Å². The summed E-state index contributed by atoms with van der Waals surface area (Å²) in [6.07, 6.45) is 1.60. The number of anilines is 1. The van der Waals surface area contributed by atoms with Gasteiger partial charge in [-0.3, -0.25) is 4.79 Å². The van der Waals surface area contributed by atoms with Crippen LogP contribution in [-0.2, 0) is 4.79 Å². The number of nitrogens with one attached hydrogen (secondary N) is 1. The molecular formula is C15H11ClN2OS. The van der Waals surface area contributed by atoms with Crippen LogP contribution in [0.15, 0.2) is 41.3 Å². The fourth-order valence-electron chi connectivity index (χ4n) is 1.54. The van der Waals surface area contributed by atoms with Gasteiger partial charge in [0.15, 0.2) is 0 Å². The number of nitriles is 1. The van der Waals surface area contributed by atoms with Gasteiger partial charge in [0.05, 0.1) is 0 Å². The van der Waals surface area contributed by atoms with Crippen LogP contribution in [0.25, 0.3) is 6.08 Å². The second-order valence-corrected chi connectivity index (χ2v) is 5.48. The molecule has 0 bridgehead atoms. The van der Waals surface area contributed by atoms with Crippen LogP contribution in [0.4, 0.5) is 5.69 Å². The van der Waals surface area contributed by atoms with Crippen LogP contribution in [0.2, 0.25) is 5.02 Å². The lowest BCUT2D eigenvalue weighted by Gasteiger charge is -2.04. The van der Waals surface area contributed by atoms with Crippen molar-refractivity contribution in [2.75, 3.05) is 5.32 Å². The van der Waals surface area contributed by atoms with E-state index in [0.717, 1.165) is 10.4 Å². The molecule has 1 N–H and O–H groups in total. The summed E-state index contributed by atoms with van der Waals surface area (Å²) in [6, 6.07) is 10.6. The summed E-state index contributed by atoms with van der Waals surface area (Å²) in [5.74, 6) is -0.428. The van der Waals surface area contributed by atoms with Crippen LogP contribution in [-0.4, -0.2) is 5.91 Å². The highest BCUT2D eigenvalue weighted by molar-refractivity contribution is 7.11. The molecular weight excluding hydrogens is 292 g/mol. The van der Waals surface area contributed by atoms with Crippen LogP contribution in [0.5, 0.6) is 0 Å². The Labute approximate surface area is 126 Å². The molecule has 0 saturated heterocycles. The van der Waals surface area contributed by atoms with Crippen LogP contribution in [0.1, 0.15) is 10.4 Å². The number of hydrogen-bond acceptors (Lipinski definition) is 3. The molecule has 1 amide bonds. The maximum atomic E-state index is 12.0. The van der Waals surface area contributed by atoms with Gasteiger partial charge in [0.1, 0.15) is 11.6 Å². The molecule has 0 aliphatic rings. The molecule has 5 heteroatoms. The van der Waals surface area contributed by atoms with Gasteiger partial charge in [-0.2, -0.15) is 5.26 Å². The Hall–Kier alpha value is -2.09. The quantitative estimate of drug-likeness (QED) is 0.680. The zero-order valence-electron chi connectivity index (χ0n) is 10.7. The maximum Gasteiger partial charge on any atom is 0.266 e. The van der Waals surface area contributed by atoms with Gasteiger partial charge < -0.3 is 5.32 Å². The highest BCUT2D eigenvalue weighted by atomic mass is 35.5. The first-order valence-corrected chi connectivity index (χ1v) is 7.08. The molecule has 0 atom stereocenters. The Kier molecular flexibility index (Phi) is 4.57. The van der Waals surface area contributed by atoms with E-state index in [0.29, 0.717) is 10.7 Å². The first-order valence-electron chi connectivity index (χ1n) is 5.83. The zero-order chi connectivity index (χ0) is 14.5. The lowest BCUT2D eigenvalue weighted by atomic mass is 10.2. The number of carbonyl (C=O) groups excluding carboxylic acids is 1. The second-order valence-electron chi connectivity index (χ2n) is 4.10. The first-order chi connectivity index (χ1) is 9.60. The number of aryl methyl sites for hydroxylation is 1. The molecule has 2 aromatic rings. The number of halogens is 1. The fraction of sp³-hybridized carbons (Fsp3) is 0.0667. The van der Waals surface area contributed by atoms with E-state index in [2.05, 4.69) is 5.32 Å². The third kappa shape index (κ3) is 3.47. The third-order valence-electron chi connectivity index (χ3n) is 2.64. The van der Waals surface area contributed by atoms with Crippen molar-refractivity contribution in [3.05, 3.63) is 56.7 Å². The Morgan fingerprint density at radius 2 is 2.05 bits per heavy atom. The van der Waals surface area contributed by atoms with Crippen molar-refractivity contribution < 1.29 is 4.79 Å². The molecule has 0 spiro atoms. The molecule has 1 aromatic heterocycles. The molecule has 1 aromatic carbocycles. The summed E-state index contributed by atoms with van der Waals surface area (Å²) in [4.78, 5) is 12.9. The van der Waals surface area contributed by atoms with Crippen molar-refractivity contribution >= 4 is 40.6 Å².